The summed E-state index contributed by atoms with van der Waals surface area (Å²) >= 11 is 0. The molecule has 0 bridgehead atoms. The van der Waals surface area contributed by atoms with Crippen LogP contribution in [0.1, 0.15) is 58.2 Å². The maximum atomic E-state index is 8.69. The molecule has 0 aliphatic heterocycles. The van der Waals surface area contributed by atoms with E-state index < -0.39 is 0 Å². The van der Waals surface area contributed by atoms with Crippen LogP contribution < -0.4 is 0 Å². The summed E-state index contributed by atoms with van der Waals surface area (Å²) in [5, 5.41) is 4.54. The summed E-state index contributed by atoms with van der Waals surface area (Å²) in [6.07, 6.45) is 0. The minimum Gasteiger partial charge on any atom is -0.0561 e. The Bertz CT molecular complexity index is 1080. The summed E-state index contributed by atoms with van der Waals surface area (Å²) in [4.78, 5) is 0. The highest BCUT2D eigenvalue weighted by Crippen LogP contribution is 2.39. The van der Waals surface area contributed by atoms with Gasteiger partial charge in [0.05, 0.1) is 5.48 Å². The molecule has 122 valence electrons. The van der Waals surface area contributed by atoms with Crippen molar-refractivity contribution in [2.24, 2.45) is 0 Å². The second-order valence-electron chi connectivity index (χ2n) is 8.89. The lowest BCUT2D eigenvalue weighted by Gasteiger charge is -2.23. The molecule has 0 heteroatoms. The fourth-order valence-corrected chi connectivity index (χ4v) is 3.35. The summed E-state index contributed by atoms with van der Waals surface area (Å²) in [6.45, 7) is 12.6. The third-order valence-electron chi connectivity index (χ3n) is 4.92. The van der Waals surface area contributed by atoms with Gasteiger partial charge in [0.15, 0.2) is 0 Å². The third-order valence-corrected chi connectivity index (χ3v) is 4.92. The average Bonchev–Trinajstić information content (AvgIpc) is 2.60. The Morgan fingerprint density at radius 2 is 0.792 bits per heavy atom. The SMILES string of the molecule is [2H]c1c([2H])c2cc(C(C)(C)C)cc3c([2H])c([2H])c4cc(C(C)(C)C)cc1c4c23. The zero-order valence-corrected chi connectivity index (χ0v) is 15.3. The first kappa shape index (κ1) is 11.5. The van der Waals surface area contributed by atoms with E-state index in [9.17, 15) is 0 Å². The van der Waals surface area contributed by atoms with Crippen molar-refractivity contribution in [1.29, 1.82) is 0 Å². The third kappa shape index (κ3) is 2.28. The second-order valence-corrected chi connectivity index (χ2v) is 8.89. The quantitative estimate of drug-likeness (QED) is 0.301. The summed E-state index contributed by atoms with van der Waals surface area (Å²) in [5.74, 6) is 0. The van der Waals surface area contributed by atoms with Crippen LogP contribution in [-0.4, -0.2) is 0 Å². The molecular formula is C24H26. The van der Waals surface area contributed by atoms with Gasteiger partial charge in [-0.2, -0.15) is 0 Å². The molecule has 0 aliphatic rings. The normalized spacial score (nSPS) is 15.8. The number of rotatable bonds is 0. The van der Waals surface area contributed by atoms with Crippen LogP contribution in [-0.2, 0) is 10.8 Å². The molecule has 0 saturated heterocycles. The Kier molecular flexibility index (Phi) is 2.26. The molecule has 0 radical (unpaired) electrons. The Morgan fingerprint density at radius 3 is 1.00 bits per heavy atom. The highest BCUT2D eigenvalue weighted by atomic mass is 14.2. The van der Waals surface area contributed by atoms with Crippen molar-refractivity contribution in [2.45, 2.75) is 52.4 Å². The number of hydrogen-bond acceptors (Lipinski definition) is 0. The lowest BCUT2D eigenvalue weighted by atomic mass is 9.81. The molecule has 0 spiro atoms. The van der Waals surface area contributed by atoms with E-state index in [-0.39, 0.29) is 35.0 Å². The van der Waals surface area contributed by atoms with Crippen LogP contribution in [0.5, 0.6) is 0 Å². The summed E-state index contributed by atoms with van der Waals surface area (Å²) in [5.41, 5.74) is 1.75. The minimum absolute atomic E-state index is 0.146. The molecule has 0 fully saturated rings. The van der Waals surface area contributed by atoms with Gasteiger partial charge in [0, 0.05) is 0 Å². The van der Waals surface area contributed by atoms with Crippen LogP contribution in [0.4, 0.5) is 0 Å². The van der Waals surface area contributed by atoms with Crippen LogP contribution >= 0.6 is 0 Å². The van der Waals surface area contributed by atoms with Gasteiger partial charge >= 0.3 is 0 Å². The van der Waals surface area contributed by atoms with Crippen molar-refractivity contribution in [3.63, 3.8) is 0 Å². The lowest BCUT2D eigenvalue weighted by molar-refractivity contribution is 0.591. The fraction of sp³-hybridized carbons (Fsp3) is 0.333. The molecule has 4 aromatic rings. The first-order valence-corrected chi connectivity index (χ1v) is 8.56. The van der Waals surface area contributed by atoms with Crippen molar-refractivity contribution >= 4 is 32.3 Å². The van der Waals surface area contributed by atoms with Crippen molar-refractivity contribution in [3.05, 3.63) is 59.6 Å². The van der Waals surface area contributed by atoms with Gasteiger partial charge in [-0.3, -0.25) is 0 Å². The lowest BCUT2D eigenvalue weighted by Crippen LogP contribution is -2.11. The minimum atomic E-state index is -0.146. The van der Waals surface area contributed by atoms with Crippen LogP contribution in [0, 0.1) is 0 Å². The Labute approximate surface area is 150 Å². The smallest absolute Gasteiger partial charge is 0.0561 e. The molecule has 24 heavy (non-hydrogen) atoms. The summed E-state index contributed by atoms with van der Waals surface area (Å²) in [7, 11) is 0. The number of benzene rings is 4. The molecule has 0 unspecified atom stereocenters. The second kappa shape index (κ2) is 4.72. The van der Waals surface area contributed by atoms with E-state index in [1.807, 2.05) is 24.3 Å². The molecule has 0 saturated carbocycles. The first-order chi connectivity index (χ1) is 12.8. The Hall–Kier alpha value is -2.08. The first-order valence-electron chi connectivity index (χ1n) is 10.6. The average molecular weight is 318 g/mol. The van der Waals surface area contributed by atoms with Crippen molar-refractivity contribution in [2.75, 3.05) is 0 Å². The van der Waals surface area contributed by atoms with E-state index in [4.69, 9.17) is 5.48 Å². The molecule has 4 rings (SSSR count). The highest BCUT2D eigenvalue weighted by molar-refractivity contribution is 6.23. The van der Waals surface area contributed by atoms with E-state index in [0.717, 1.165) is 21.9 Å². The zero-order valence-electron chi connectivity index (χ0n) is 19.3. The maximum Gasteiger partial charge on any atom is 0.0629 e. The molecule has 0 N–H and O–H groups in total. The van der Waals surface area contributed by atoms with E-state index in [1.54, 1.807) is 0 Å². The Balaban J connectivity index is 2.35. The Morgan fingerprint density at radius 1 is 0.542 bits per heavy atom. The van der Waals surface area contributed by atoms with E-state index in [1.165, 1.54) is 0 Å². The molecular weight excluding hydrogens is 288 g/mol. The van der Waals surface area contributed by atoms with Gasteiger partial charge in [-0.05, 0) is 54.3 Å². The number of hydrogen-bond donors (Lipinski definition) is 0. The zero-order chi connectivity index (χ0) is 20.8. The van der Waals surface area contributed by atoms with Crippen LogP contribution in [0.2, 0.25) is 0 Å². The van der Waals surface area contributed by atoms with Gasteiger partial charge in [-0.15, -0.1) is 0 Å². The molecule has 0 heterocycles. The van der Waals surface area contributed by atoms with Crippen molar-refractivity contribution < 1.29 is 5.48 Å². The molecule has 0 aliphatic carbocycles. The molecule has 4 aromatic carbocycles. The van der Waals surface area contributed by atoms with Gasteiger partial charge in [-0.25, -0.2) is 0 Å². The van der Waals surface area contributed by atoms with Gasteiger partial charge in [0.2, 0.25) is 0 Å². The van der Waals surface area contributed by atoms with Gasteiger partial charge in [0.25, 0.3) is 0 Å². The maximum absolute atomic E-state index is 8.69. The standard InChI is InChI=1S/C24H26/c1-23(2,3)19-11-15-7-9-17-13-20(24(4,5)6)14-18-10-8-16(12-19)21(15)22(17)18/h7-14H,1-6H3/i7D,8D,9D,10D. The van der Waals surface area contributed by atoms with E-state index in [2.05, 4.69) is 41.5 Å². The molecule has 0 amide bonds. The van der Waals surface area contributed by atoms with Crippen molar-refractivity contribution in [3.8, 4) is 0 Å². The van der Waals surface area contributed by atoms with Gasteiger partial charge < -0.3 is 0 Å². The largest absolute Gasteiger partial charge is 0.0629 e. The van der Waals surface area contributed by atoms with Crippen LogP contribution in [0.25, 0.3) is 32.3 Å². The summed E-state index contributed by atoms with van der Waals surface area (Å²) < 4.78 is 34.8. The molecule has 0 nitrogen and oxygen atoms in total. The monoisotopic (exact) mass is 318 g/mol. The predicted molar refractivity (Wildman–Crippen MR) is 108 cm³/mol. The topological polar surface area (TPSA) is 0 Å². The molecule has 0 aromatic heterocycles. The highest BCUT2D eigenvalue weighted by Gasteiger charge is 2.19. The molecule has 0 atom stereocenters. The van der Waals surface area contributed by atoms with Crippen molar-refractivity contribution in [1.82, 2.24) is 0 Å². The van der Waals surface area contributed by atoms with E-state index in [0.29, 0.717) is 21.5 Å². The van der Waals surface area contributed by atoms with Gasteiger partial charge in [-0.1, -0.05) is 90.0 Å². The van der Waals surface area contributed by atoms with E-state index >= 15 is 0 Å². The summed E-state index contributed by atoms with van der Waals surface area (Å²) in [6, 6.07) is 8.82. The van der Waals surface area contributed by atoms with Gasteiger partial charge in [0.1, 0.15) is 0 Å². The van der Waals surface area contributed by atoms with Crippen LogP contribution in [0.3, 0.4) is 0 Å². The predicted octanol–water partition coefficient (Wildman–Crippen LogP) is 7.18. The fourth-order valence-electron chi connectivity index (χ4n) is 3.35. The van der Waals surface area contributed by atoms with Crippen LogP contribution in [0.15, 0.2) is 48.4 Å².